The molecular formula is C14H19N3O. The summed E-state index contributed by atoms with van der Waals surface area (Å²) in [4.78, 5) is 4.65. The average molecular weight is 245 g/mol. The molecule has 0 aliphatic carbocycles. The summed E-state index contributed by atoms with van der Waals surface area (Å²) in [7, 11) is 1.65. The summed E-state index contributed by atoms with van der Waals surface area (Å²) in [5, 5.41) is 0.976. The molecule has 2 aromatic rings. The number of nitrogens with two attached hydrogens (primary N) is 1. The second-order valence-corrected chi connectivity index (χ2v) is 4.79. The molecule has 18 heavy (non-hydrogen) atoms. The smallest absolute Gasteiger partial charge is 0.119 e. The Labute approximate surface area is 107 Å². The maximum Gasteiger partial charge on any atom is 0.119 e. The van der Waals surface area contributed by atoms with Crippen molar-refractivity contribution in [2.45, 2.75) is 20.3 Å². The van der Waals surface area contributed by atoms with Crippen LogP contribution in [0, 0.1) is 5.92 Å². The van der Waals surface area contributed by atoms with Crippen LogP contribution >= 0.6 is 0 Å². The zero-order valence-electron chi connectivity index (χ0n) is 11.0. The Morgan fingerprint density at radius 1 is 1.33 bits per heavy atom. The first-order valence-corrected chi connectivity index (χ1v) is 6.08. The number of rotatable bonds is 4. The SMILES string of the molecule is COc1ccc2nc(CC(C)C)cc(NN)c2c1. The third kappa shape index (κ3) is 2.54. The highest BCUT2D eigenvalue weighted by molar-refractivity contribution is 5.92. The molecule has 2 rings (SSSR count). The highest BCUT2D eigenvalue weighted by atomic mass is 16.5. The van der Waals surface area contributed by atoms with Gasteiger partial charge in [0, 0.05) is 11.1 Å². The number of aromatic nitrogens is 1. The molecule has 1 aromatic heterocycles. The minimum absolute atomic E-state index is 0.568. The number of methoxy groups -OCH3 is 1. The number of nitrogens with zero attached hydrogens (tertiary/aromatic N) is 1. The summed E-state index contributed by atoms with van der Waals surface area (Å²) in [6.45, 7) is 4.35. The average Bonchev–Trinajstić information content (AvgIpc) is 2.36. The molecule has 0 saturated heterocycles. The van der Waals surface area contributed by atoms with Crippen molar-refractivity contribution >= 4 is 16.6 Å². The molecule has 4 heteroatoms. The van der Waals surface area contributed by atoms with Crippen LogP contribution in [0.25, 0.3) is 10.9 Å². The Morgan fingerprint density at radius 2 is 2.11 bits per heavy atom. The third-order valence-electron chi connectivity index (χ3n) is 2.84. The minimum atomic E-state index is 0.568. The molecule has 96 valence electrons. The summed E-state index contributed by atoms with van der Waals surface area (Å²) in [5.74, 6) is 6.96. The number of hydrogen-bond acceptors (Lipinski definition) is 4. The normalized spacial score (nSPS) is 10.9. The van der Waals surface area contributed by atoms with Gasteiger partial charge in [0.2, 0.25) is 0 Å². The molecule has 0 radical (unpaired) electrons. The van der Waals surface area contributed by atoms with Gasteiger partial charge >= 0.3 is 0 Å². The largest absolute Gasteiger partial charge is 0.497 e. The number of nitrogens with one attached hydrogen (secondary N) is 1. The van der Waals surface area contributed by atoms with E-state index in [4.69, 9.17) is 10.6 Å². The molecule has 0 unspecified atom stereocenters. The quantitative estimate of drug-likeness (QED) is 0.642. The molecule has 0 amide bonds. The van der Waals surface area contributed by atoms with Crippen molar-refractivity contribution in [2.24, 2.45) is 11.8 Å². The maximum absolute atomic E-state index is 5.59. The molecule has 0 bridgehead atoms. The summed E-state index contributed by atoms with van der Waals surface area (Å²) in [6.07, 6.45) is 0.941. The lowest BCUT2D eigenvalue weighted by Gasteiger charge is -2.11. The van der Waals surface area contributed by atoms with Crippen molar-refractivity contribution in [3.05, 3.63) is 30.0 Å². The van der Waals surface area contributed by atoms with Crippen LogP contribution in [0.2, 0.25) is 0 Å². The van der Waals surface area contributed by atoms with E-state index >= 15 is 0 Å². The number of ether oxygens (including phenoxy) is 1. The Bertz CT molecular complexity index is 552. The number of hydrogen-bond donors (Lipinski definition) is 2. The molecule has 1 aromatic carbocycles. The van der Waals surface area contributed by atoms with Crippen LogP contribution in [0.15, 0.2) is 24.3 Å². The third-order valence-corrected chi connectivity index (χ3v) is 2.84. The first-order chi connectivity index (χ1) is 8.63. The maximum atomic E-state index is 5.59. The van der Waals surface area contributed by atoms with E-state index in [1.165, 1.54) is 0 Å². The lowest BCUT2D eigenvalue weighted by atomic mass is 10.1. The van der Waals surface area contributed by atoms with Crippen LogP contribution in [0.3, 0.4) is 0 Å². The van der Waals surface area contributed by atoms with Gasteiger partial charge in [0.05, 0.1) is 18.3 Å². The van der Waals surface area contributed by atoms with Crippen molar-refractivity contribution < 1.29 is 4.74 Å². The van der Waals surface area contributed by atoms with Gasteiger partial charge in [-0.1, -0.05) is 13.8 Å². The number of fused-ring (bicyclic) bond motifs is 1. The number of anilines is 1. The van der Waals surface area contributed by atoms with E-state index in [0.717, 1.165) is 34.5 Å². The van der Waals surface area contributed by atoms with Crippen molar-refractivity contribution in [1.29, 1.82) is 0 Å². The summed E-state index contributed by atoms with van der Waals surface area (Å²) < 4.78 is 5.22. The second-order valence-electron chi connectivity index (χ2n) is 4.79. The van der Waals surface area contributed by atoms with Crippen LogP contribution < -0.4 is 16.0 Å². The number of benzene rings is 1. The van der Waals surface area contributed by atoms with E-state index in [9.17, 15) is 0 Å². The van der Waals surface area contributed by atoms with E-state index in [-0.39, 0.29) is 0 Å². The van der Waals surface area contributed by atoms with Gasteiger partial charge in [-0.05, 0) is 36.6 Å². The molecule has 0 saturated carbocycles. The van der Waals surface area contributed by atoms with E-state index in [1.807, 2.05) is 24.3 Å². The van der Waals surface area contributed by atoms with Gasteiger partial charge in [-0.2, -0.15) is 0 Å². The van der Waals surface area contributed by atoms with Crippen molar-refractivity contribution in [3.63, 3.8) is 0 Å². The molecule has 0 atom stereocenters. The summed E-state index contributed by atoms with van der Waals surface area (Å²) >= 11 is 0. The molecule has 3 N–H and O–H groups in total. The van der Waals surface area contributed by atoms with Gasteiger partial charge in [-0.3, -0.25) is 10.8 Å². The van der Waals surface area contributed by atoms with Crippen molar-refractivity contribution in [1.82, 2.24) is 4.98 Å². The number of pyridine rings is 1. The molecule has 0 aliphatic rings. The Kier molecular flexibility index (Phi) is 3.67. The van der Waals surface area contributed by atoms with Gasteiger partial charge in [0.25, 0.3) is 0 Å². The number of nitrogen functional groups attached to an aromatic ring is 1. The van der Waals surface area contributed by atoms with Gasteiger partial charge in [0.1, 0.15) is 5.75 Å². The van der Waals surface area contributed by atoms with E-state index in [2.05, 4.69) is 24.3 Å². The fourth-order valence-electron chi connectivity index (χ4n) is 2.03. The van der Waals surface area contributed by atoms with Gasteiger partial charge < -0.3 is 10.2 Å². The Hall–Kier alpha value is -1.81. The molecule has 4 nitrogen and oxygen atoms in total. The molecule has 0 aliphatic heterocycles. The standard InChI is InChI=1S/C14H19N3O/c1-9(2)6-10-7-14(17-15)12-8-11(18-3)4-5-13(12)16-10/h4-5,7-9H,6,15H2,1-3H3,(H,16,17). The van der Waals surface area contributed by atoms with Gasteiger partial charge in [-0.25, -0.2) is 0 Å². The predicted molar refractivity (Wildman–Crippen MR) is 74.6 cm³/mol. The zero-order chi connectivity index (χ0) is 13.1. The first-order valence-electron chi connectivity index (χ1n) is 6.08. The molecular weight excluding hydrogens is 226 g/mol. The number of hydrazine groups is 1. The topological polar surface area (TPSA) is 60.2 Å². The first kappa shape index (κ1) is 12.6. The van der Waals surface area contributed by atoms with Crippen molar-refractivity contribution in [3.8, 4) is 5.75 Å². The second kappa shape index (κ2) is 5.23. The molecule has 0 fully saturated rings. The van der Waals surface area contributed by atoms with E-state index in [0.29, 0.717) is 5.92 Å². The van der Waals surface area contributed by atoms with Crippen LogP contribution in [-0.4, -0.2) is 12.1 Å². The Morgan fingerprint density at radius 3 is 2.72 bits per heavy atom. The Balaban J connectivity index is 2.55. The highest BCUT2D eigenvalue weighted by Gasteiger charge is 2.07. The van der Waals surface area contributed by atoms with Crippen molar-refractivity contribution in [2.75, 3.05) is 12.5 Å². The molecule has 1 heterocycles. The van der Waals surface area contributed by atoms with Crippen LogP contribution in [0.1, 0.15) is 19.5 Å². The van der Waals surface area contributed by atoms with E-state index < -0.39 is 0 Å². The fourth-order valence-corrected chi connectivity index (χ4v) is 2.03. The fraction of sp³-hybridized carbons (Fsp3) is 0.357. The van der Waals surface area contributed by atoms with Gasteiger partial charge in [-0.15, -0.1) is 0 Å². The van der Waals surface area contributed by atoms with Crippen LogP contribution in [0.5, 0.6) is 5.75 Å². The van der Waals surface area contributed by atoms with Gasteiger partial charge in [0.15, 0.2) is 0 Å². The predicted octanol–water partition coefficient (Wildman–Crippen LogP) is 2.73. The lowest BCUT2D eigenvalue weighted by molar-refractivity contribution is 0.415. The zero-order valence-corrected chi connectivity index (χ0v) is 11.0. The van der Waals surface area contributed by atoms with Crippen LogP contribution in [0.4, 0.5) is 5.69 Å². The lowest BCUT2D eigenvalue weighted by Crippen LogP contribution is -2.09. The monoisotopic (exact) mass is 245 g/mol. The summed E-state index contributed by atoms with van der Waals surface area (Å²) in [6, 6.07) is 7.81. The van der Waals surface area contributed by atoms with Crippen LogP contribution in [-0.2, 0) is 6.42 Å². The minimum Gasteiger partial charge on any atom is -0.497 e. The highest BCUT2D eigenvalue weighted by Crippen LogP contribution is 2.27. The van der Waals surface area contributed by atoms with E-state index in [1.54, 1.807) is 7.11 Å². The summed E-state index contributed by atoms with van der Waals surface area (Å²) in [5.41, 5.74) is 5.61. The molecule has 0 spiro atoms.